The van der Waals surface area contributed by atoms with E-state index in [0.717, 1.165) is 0 Å². The third-order valence-electron chi connectivity index (χ3n) is 1.68. The smallest absolute Gasteiger partial charge is 0.390 e. The first kappa shape index (κ1) is 11.9. The van der Waals surface area contributed by atoms with Gasteiger partial charge in [0.1, 0.15) is 12.2 Å². The first-order valence-corrected chi connectivity index (χ1v) is 4.05. The highest BCUT2D eigenvalue weighted by Crippen LogP contribution is 2.19. The minimum atomic E-state index is -4.37. The summed E-state index contributed by atoms with van der Waals surface area (Å²) in [6.45, 7) is -1.77. The summed E-state index contributed by atoms with van der Waals surface area (Å²) >= 11 is 0. The van der Waals surface area contributed by atoms with E-state index in [-0.39, 0.29) is 18.0 Å². The lowest BCUT2D eigenvalue weighted by Gasteiger charge is -2.09. The van der Waals surface area contributed by atoms with Crippen LogP contribution in [0.5, 0.6) is 0 Å². The molecule has 0 saturated heterocycles. The maximum Gasteiger partial charge on any atom is 0.408 e. The minimum Gasteiger partial charge on any atom is -0.390 e. The van der Waals surface area contributed by atoms with Crippen LogP contribution >= 0.6 is 0 Å². The fourth-order valence-electron chi connectivity index (χ4n) is 1.08. The molecule has 0 radical (unpaired) electrons. The van der Waals surface area contributed by atoms with Gasteiger partial charge < -0.3 is 9.84 Å². The molecule has 0 saturated carbocycles. The summed E-state index contributed by atoms with van der Waals surface area (Å²) in [5, 5.41) is 15.5. The maximum absolute atomic E-state index is 12.1. The van der Waals surface area contributed by atoms with Crippen molar-refractivity contribution in [2.75, 3.05) is 7.11 Å². The Morgan fingerprint density at radius 2 is 2.13 bits per heavy atom. The number of aliphatic hydroxyl groups excluding tert-OH is 1. The summed E-state index contributed by atoms with van der Waals surface area (Å²) in [6.07, 6.45) is -4.37. The van der Waals surface area contributed by atoms with Gasteiger partial charge in [0.2, 0.25) is 0 Å². The summed E-state index contributed by atoms with van der Waals surface area (Å²) in [5.74, 6) is 0. The Morgan fingerprint density at radius 1 is 1.47 bits per heavy atom. The average molecular weight is 225 g/mol. The average Bonchev–Trinajstić information content (AvgIpc) is 2.47. The molecule has 5 nitrogen and oxygen atoms in total. The molecule has 0 aliphatic heterocycles. The Bertz CT molecular complexity index is 324. The van der Waals surface area contributed by atoms with Crippen molar-refractivity contribution in [2.45, 2.75) is 25.9 Å². The molecule has 0 unspecified atom stereocenters. The van der Waals surface area contributed by atoms with Gasteiger partial charge >= 0.3 is 6.18 Å². The molecule has 1 aromatic rings. The van der Waals surface area contributed by atoms with Gasteiger partial charge in [0.25, 0.3) is 0 Å². The molecular weight excluding hydrogens is 215 g/mol. The number of nitrogens with zero attached hydrogens (tertiary/aromatic N) is 3. The number of rotatable bonds is 4. The van der Waals surface area contributed by atoms with Crippen molar-refractivity contribution in [3.05, 3.63) is 11.4 Å². The predicted molar refractivity (Wildman–Crippen MR) is 42.7 cm³/mol. The quantitative estimate of drug-likeness (QED) is 0.809. The zero-order valence-corrected chi connectivity index (χ0v) is 7.95. The van der Waals surface area contributed by atoms with Gasteiger partial charge in [-0.25, -0.2) is 4.68 Å². The molecular formula is C7H10F3N3O2. The molecule has 86 valence electrons. The topological polar surface area (TPSA) is 60.2 Å². The minimum absolute atomic E-state index is 0.0705. The summed E-state index contributed by atoms with van der Waals surface area (Å²) in [4.78, 5) is 0. The van der Waals surface area contributed by atoms with Gasteiger partial charge in [-0.15, -0.1) is 5.10 Å². The van der Waals surface area contributed by atoms with E-state index in [9.17, 15) is 13.2 Å². The van der Waals surface area contributed by atoms with Crippen LogP contribution in [0.1, 0.15) is 11.4 Å². The van der Waals surface area contributed by atoms with Gasteiger partial charge in [0.05, 0.1) is 18.9 Å². The number of aromatic nitrogens is 3. The highest BCUT2D eigenvalue weighted by Gasteiger charge is 2.30. The molecule has 0 fully saturated rings. The second kappa shape index (κ2) is 4.58. The number of ether oxygens (including phenoxy) is 1. The largest absolute Gasteiger partial charge is 0.408 e. The van der Waals surface area contributed by atoms with Gasteiger partial charge in [0.15, 0.2) is 0 Å². The lowest BCUT2D eigenvalue weighted by molar-refractivity contribution is -0.143. The summed E-state index contributed by atoms with van der Waals surface area (Å²) in [5.41, 5.74) is 0.235. The molecule has 1 heterocycles. The molecule has 1 aromatic heterocycles. The van der Waals surface area contributed by atoms with E-state index in [1.807, 2.05) is 0 Å². The number of alkyl halides is 3. The molecule has 0 amide bonds. The van der Waals surface area contributed by atoms with Crippen LogP contribution in [0, 0.1) is 0 Å². The number of hydrogen-bond acceptors (Lipinski definition) is 4. The highest BCUT2D eigenvalue weighted by molar-refractivity contribution is 5.07. The monoisotopic (exact) mass is 225 g/mol. The van der Waals surface area contributed by atoms with E-state index < -0.39 is 19.3 Å². The maximum atomic E-state index is 12.1. The van der Waals surface area contributed by atoms with Crippen molar-refractivity contribution in [3.8, 4) is 0 Å². The van der Waals surface area contributed by atoms with Crippen LogP contribution in [0.2, 0.25) is 0 Å². The van der Waals surface area contributed by atoms with Gasteiger partial charge in [-0.05, 0) is 0 Å². The lowest BCUT2D eigenvalue weighted by atomic mass is 10.3. The molecule has 0 aliphatic carbocycles. The summed E-state index contributed by atoms with van der Waals surface area (Å²) in [7, 11) is 1.34. The highest BCUT2D eigenvalue weighted by atomic mass is 19.4. The Kier molecular flexibility index (Phi) is 3.64. The Morgan fingerprint density at radius 3 is 2.60 bits per heavy atom. The Hall–Kier alpha value is -1.15. The van der Waals surface area contributed by atoms with E-state index in [4.69, 9.17) is 9.84 Å². The van der Waals surface area contributed by atoms with Crippen LogP contribution < -0.4 is 0 Å². The van der Waals surface area contributed by atoms with E-state index in [1.165, 1.54) is 7.11 Å². The molecule has 1 rings (SSSR count). The van der Waals surface area contributed by atoms with Crippen molar-refractivity contribution in [2.24, 2.45) is 0 Å². The van der Waals surface area contributed by atoms with Gasteiger partial charge in [-0.1, -0.05) is 5.21 Å². The SMILES string of the molecule is COCc1c(CO)nnn1CC(F)(F)F. The van der Waals surface area contributed by atoms with E-state index in [0.29, 0.717) is 4.68 Å². The fourth-order valence-corrected chi connectivity index (χ4v) is 1.08. The molecule has 1 N–H and O–H groups in total. The van der Waals surface area contributed by atoms with E-state index in [1.54, 1.807) is 0 Å². The third-order valence-corrected chi connectivity index (χ3v) is 1.68. The molecule has 0 aliphatic rings. The van der Waals surface area contributed by atoms with Crippen LogP contribution in [0.15, 0.2) is 0 Å². The Balaban J connectivity index is 2.91. The van der Waals surface area contributed by atoms with Crippen molar-refractivity contribution in [1.29, 1.82) is 0 Å². The molecule has 0 spiro atoms. The van der Waals surface area contributed by atoms with E-state index in [2.05, 4.69) is 10.3 Å². The number of methoxy groups -OCH3 is 1. The number of halogens is 3. The number of aliphatic hydroxyl groups is 1. The van der Waals surface area contributed by atoms with Crippen molar-refractivity contribution < 1.29 is 23.0 Å². The Labute approximate surface area is 83.5 Å². The first-order valence-electron chi connectivity index (χ1n) is 4.05. The van der Waals surface area contributed by atoms with Crippen LogP contribution in [-0.4, -0.2) is 33.4 Å². The second-order valence-corrected chi connectivity index (χ2v) is 2.85. The van der Waals surface area contributed by atoms with Crippen molar-refractivity contribution in [3.63, 3.8) is 0 Å². The summed E-state index contributed by atoms with van der Waals surface area (Å²) < 4.78 is 41.6. The predicted octanol–water partition coefficient (Wildman–Crippen LogP) is 0.479. The van der Waals surface area contributed by atoms with Crippen molar-refractivity contribution in [1.82, 2.24) is 15.0 Å². The molecule has 8 heteroatoms. The normalized spacial score (nSPS) is 12.1. The van der Waals surface area contributed by atoms with Crippen LogP contribution in [0.25, 0.3) is 0 Å². The zero-order valence-electron chi connectivity index (χ0n) is 7.95. The summed E-state index contributed by atoms with van der Waals surface area (Å²) in [6, 6.07) is 0. The number of hydrogen-bond donors (Lipinski definition) is 1. The van der Waals surface area contributed by atoms with Gasteiger partial charge in [-0.2, -0.15) is 13.2 Å². The zero-order chi connectivity index (χ0) is 11.5. The third kappa shape index (κ3) is 3.17. The van der Waals surface area contributed by atoms with Crippen molar-refractivity contribution >= 4 is 0 Å². The lowest BCUT2D eigenvalue weighted by Crippen LogP contribution is -2.21. The van der Waals surface area contributed by atoms with Gasteiger partial charge in [0, 0.05) is 7.11 Å². The van der Waals surface area contributed by atoms with Crippen LogP contribution in [-0.2, 0) is 24.5 Å². The van der Waals surface area contributed by atoms with Crippen LogP contribution in [0.3, 0.4) is 0 Å². The standard InChI is InChI=1S/C7H10F3N3O2/c1-15-3-6-5(2-14)11-12-13(6)4-7(8,9)10/h14H,2-4H2,1H3. The molecule has 0 bridgehead atoms. The second-order valence-electron chi connectivity index (χ2n) is 2.85. The fraction of sp³-hybridized carbons (Fsp3) is 0.714. The molecule has 0 atom stereocenters. The van der Waals surface area contributed by atoms with Crippen LogP contribution in [0.4, 0.5) is 13.2 Å². The molecule has 15 heavy (non-hydrogen) atoms. The first-order chi connectivity index (χ1) is 6.98. The molecule has 0 aromatic carbocycles. The van der Waals surface area contributed by atoms with E-state index >= 15 is 0 Å². The van der Waals surface area contributed by atoms with Gasteiger partial charge in [-0.3, -0.25) is 0 Å².